The standard InChI is InChI=1S/C30H50O5/c1-25(2)13-19-18-7-8-21-26(3)11-10-22(33)27(4,16-31)20(26)9-12-28(21,5)29(18,6)14-24(35)30(19,17-32)15-23(25)34/h7,19-24,31-35H,8-17H2,1-6H3/t19-,20+,21+,22-,23-,24-,26-,27-,28+,29+,30+/m0/s1. The molecule has 4 saturated carbocycles. The maximum Gasteiger partial charge on any atom is 0.0633 e. The summed E-state index contributed by atoms with van der Waals surface area (Å²) in [5.74, 6) is 0.755. The van der Waals surface area contributed by atoms with Gasteiger partial charge in [0.2, 0.25) is 0 Å². The molecule has 0 unspecified atom stereocenters. The molecule has 5 heteroatoms. The quantitative estimate of drug-likeness (QED) is 0.376. The first-order valence-electron chi connectivity index (χ1n) is 14.1. The van der Waals surface area contributed by atoms with Gasteiger partial charge in [0.1, 0.15) is 0 Å². The molecule has 0 aromatic rings. The maximum atomic E-state index is 11.7. The van der Waals surface area contributed by atoms with Crippen LogP contribution in [0.15, 0.2) is 11.6 Å². The van der Waals surface area contributed by atoms with E-state index in [2.05, 4.69) is 47.6 Å². The van der Waals surface area contributed by atoms with Gasteiger partial charge < -0.3 is 25.5 Å². The van der Waals surface area contributed by atoms with Crippen LogP contribution in [0.2, 0.25) is 0 Å². The third kappa shape index (κ3) is 3.05. The van der Waals surface area contributed by atoms with Gasteiger partial charge in [0, 0.05) is 10.8 Å². The summed E-state index contributed by atoms with van der Waals surface area (Å²) < 4.78 is 0. The average molecular weight is 491 g/mol. The topological polar surface area (TPSA) is 101 Å². The molecule has 5 aliphatic rings. The van der Waals surface area contributed by atoms with Gasteiger partial charge in [0.15, 0.2) is 0 Å². The lowest BCUT2D eigenvalue weighted by Gasteiger charge is -2.72. The van der Waals surface area contributed by atoms with Gasteiger partial charge in [-0.2, -0.15) is 0 Å². The van der Waals surface area contributed by atoms with Gasteiger partial charge >= 0.3 is 0 Å². The van der Waals surface area contributed by atoms with Crippen molar-refractivity contribution in [1.82, 2.24) is 0 Å². The second-order valence-electron chi connectivity index (χ2n) is 15.1. The molecule has 0 spiro atoms. The highest BCUT2D eigenvalue weighted by Crippen LogP contribution is 2.75. The Labute approximate surface area is 212 Å². The third-order valence-corrected chi connectivity index (χ3v) is 13.5. The van der Waals surface area contributed by atoms with Crippen LogP contribution in [0.3, 0.4) is 0 Å². The normalized spacial score (nSPS) is 57.3. The fourth-order valence-electron chi connectivity index (χ4n) is 10.7. The van der Waals surface area contributed by atoms with Gasteiger partial charge in [0.05, 0.1) is 31.5 Å². The van der Waals surface area contributed by atoms with E-state index in [1.807, 2.05) is 0 Å². The molecule has 0 amide bonds. The second kappa shape index (κ2) is 7.79. The van der Waals surface area contributed by atoms with E-state index in [0.717, 1.165) is 38.5 Å². The number of hydrogen-bond acceptors (Lipinski definition) is 5. The van der Waals surface area contributed by atoms with Crippen molar-refractivity contribution >= 4 is 0 Å². The Hall–Kier alpha value is -0.460. The molecule has 0 bridgehead atoms. The lowest BCUT2D eigenvalue weighted by molar-refractivity contribution is -0.232. The van der Waals surface area contributed by atoms with Crippen molar-refractivity contribution in [1.29, 1.82) is 0 Å². The number of aliphatic hydroxyl groups is 5. The molecule has 11 atom stereocenters. The van der Waals surface area contributed by atoms with E-state index in [9.17, 15) is 25.5 Å². The predicted molar refractivity (Wildman–Crippen MR) is 136 cm³/mol. The Morgan fingerprint density at radius 3 is 2.09 bits per heavy atom. The van der Waals surface area contributed by atoms with Crippen molar-refractivity contribution in [3.8, 4) is 0 Å². The number of allylic oxidation sites excluding steroid dienone is 2. The van der Waals surface area contributed by atoms with Crippen LogP contribution >= 0.6 is 0 Å². The molecule has 0 aromatic heterocycles. The van der Waals surface area contributed by atoms with Gasteiger partial charge in [-0.25, -0.2) is 0 Å². The third-order valence-electron chi connectivity index (χ3n) is 13.5. The second-order valence-corrected chi connectivity index (χ2v) is 15.1. The molecule has 200 valence electrons. The van der Waals surface area contributed by atoms with Crippen molar-refractivity contribution in [3.63, 3.8) is 0 Å². The molecule has 4 fully saturated rings. The van der Waals surface area contributed by atoms with E-state index in [1.165, 1.54) is 5.57 Å². The predicted octanol–water partition coefficient (Wildman–Crippen LogP) is 4.06. The Bertz CT molecular complexity index is 899. The molecule has 5 nitrogen and oxygen atoms in total. The first-order valence-corrected chi connectivity index (χ1v) is 14.1. The average Bonchev–Trinajstić information content (AvgIpc) is 2.78. The van der Waals surface area contributed by atoms with Crippen LogP contribution in [0.5, 0.6) is 0 Å². The number of fused-ring (bicyclic) bond motifs is 7. The fourth-order valence-corrected chi connectivity index (χ4v) is 10.7. The highest BCUT2D eigenvalue weighted by Gasteiger charge is 2.70. The fraction of sp³-hybridized carbons (Fsp3) is 0.933. The highest BCUT2D eigenvalue weighted by molar-refractivity contribution is 5.35. The zero-order valence-electron chi connectivity index (χ0n) is 22.8. The molecule has 0 radical (unpaired) electrons. The molecule has 5 N–H and O–H groups in total. The van der Waals surface area contributed by atoms with Gasteiger partial charge in [-0.1, -0.05) is 53.2 Å². The van der Waals surface area contributed by atoms with Gasteiger partial charge in [-0.3, -0.25) is 0 Å². The number of hydrogen-bond donors (Lipinski definition) is 5. The molecular formula is C30H50O5. The summed E-state index contributed by atoms with van der Waals surface area (Å²) in [6, 6.07) is 0. The summed E-state index contributed by atoms with van der Waals surface area (Å²) in [5.41, 5.74) is -0.159. The van der Waals surface area contributed by atoms with Crippen LogP contribution in [-0.2, 0) is 0 Å². The molecule has 0 aromatic carbocycles. The molecule has 35 heavy (non-hydrogen) atoms. The van der Waals surface area contributed by atoms with Crippen LogP contribution in [-0.4, -0.2) is 57.1 Å². The zero-order chi connectivity index (χ0) is 25.8. The van der Waals surface area contributed by atoms with Crippen molar-refractivity contribution in [3.05, 3.63) is 11.6 Å². The molecule has 0 heterocycles. The Kier molecular flexibility index (Phi) is 5.82. The largest absolute Gasteiger partial charge is 0.396 e. The van der Waals surface area contributed by atoms with Crippen molar-refractivity contribution in [2.75, 3.05) is 13.2 Å². The minimum Gasteiger partial charge on any atom is -0.396 e. The number of rotatable bonds is 2. The molecule has 0 aliphatic heterocycles. The van der Waals surface area contributed by atoms with Crippen LogP contribution < -0.4 is 0 Å². The zero-order valence-corrected chi connectivity index (χ0v) is 22.8. The monoisotopic (exact) mass is 490 g/mol. The summed E-state index contributed by atoms with van der Waals surface area (Å²) in [4.78, 5) is 0. The van der Waals surface area contributed by atoms with Crippen LogP contribution in [0.4, 0.5) is 0 Å². The summed E-state index contributed by atoms with van der Waals surface area (Å²) >= 11 is 0. The van der Waals surface area contributed by atoms with Gasteiger partial charge in [0.25, 0.3) is 0 Å². The molecule has 5 aliphatic carbocycles. The van der Waals surface area contributed by atoms with E-state index in [4.69, 9.17) is 0 Å². The van der Waals surface area contributed by atoms with Crippen molar-refractivity contribution in [2.24, 2.45) is 50.2 Å². The SMILES string of the molecule is CC1(C)C[C@H]2C3=CC[C@@H]4[C@@]5(C)CC[C@H](O)[C@@](C)(CO)[C@@H]5CC[C@@]4(C)[C@]3(C)C[C@H](O)[C@@]2(CO)C[C@@H]1O. The molecule has 5 rings (SSSR count). The van der Waals surface area contributed by atoms with E-state index in [0.29, 0.717) is 18.8 Å². The van der Waals surface area contributed by atoms with E-state index in [-0.39, 0.29) is 46.7 Å². The van der Waals surface area contributed by atoms with E-state index >= 15 is 0 Å². The van der Waals surface area contributed by atoms with E-state index < -0.39 is 29.1 Å². The lowest BCUT2D eigenvalue weighted by Crippen LogP contribution is -2.68. The van der Waals surface area contributed by atoms with Crippen molar-refractivity contribution in [2.45, 2.75) is 111 Å². The summed E-state index contributed by atoms with van der Waals surface area (Å²) in [6.45, 7) is 13.5. The Balaban J connectivity index is 1.61. The summed E-state index contributed by atoms with van der Waals surface area (Å²) in [6.07, 6.45) is 7.36. The maximum absolute atomic E-state index is 11.7. The van der Waals surface area contributed by atoms with Crippen LogP contribution in [0, 0.1) is 50.2 Å². The minimum absolute atomic E-state index is 0.0101. The minimum atomic E-state index is -0.672. The number of aliphatic hydroxyl groups excluding tert-OH is 5. The first kappa shape index (κ1) is 26.2. The highest BCUT2D eigenvalue weighted by atomic mass is 16.3. The van der Waals surface area contributed by atoms with Crippen LogP contribution in [0.1, 0.15) is 92.9 Å². The van der Waals surface area contributed by atoms with Gasteiger partial charge in [-0.05, 0) is 90.8 Å². The van der Waals surface area contributed by atoms with Crippen molar-refractivity contribution < 1.29 is 25.5 Å². The molecular weight excluding hydrogens is 440 g/mol. The lowest BCUT2D eigenvalue weighted by atomic mass is 9.33. The Morgan fingerprint density at radius 1 is 0.771 bits per heavy atom. The van der Waals surface area contributed by atoms with Gasteiger partial charge in [-0.15, -0.1) is 0 Å². The van der Waals surface area contributed by atoms with Crippen LogP contribution in [0.25, 0.3) is 0 Å². The molecule has 0 saturated heterocycles. The Morgan fingerprint density at radius 2 is 1.46 bits per heavy atom. The van der Waals surface area contributed by atoms with E-state index in [1.54, 1.807) is 0 Å². The smallest absolute Gasteiger partial charge is 0.0633 e. The first-order chi connectivity index (χ1) is 16.2. The summed E-state index contributed by atoms with van der Waals surface area (Å²) in [5, 5.41) is 54.7. The summed E-state index contributed by atoms with van der Waals surface area (Å²) in [7, 11) is 0.